The van der Waals surface area contributed by atoms with Gasteiger partial charge in [0.15, 0.2) is 0 Å². The van der Waals surface area contributed by atoms with Gasteiger partial charge in [-0.05, 0) is 29.3 Å². The zero-order valence-corrected chi connectivity index (χ0v) is 16.2. The molecule has 4 rings (SSSR count). The van der Waals surface area contributed by atoms with Crippen LogP contribution in [-0.4, -0.2) is 41.9 Å². The molecule has 5 heteroatoms. The Morgan fingerprint density at radius 1 is 1.12 bits per heavy atom. The number of hydrogen-bond acceptors (Lipinski definition) is 3. The molecule has 26 heavy (non-hydrogen) atoms. The number of thiophene rings is 1. The van der Waals surface area contributed by atoms with Crippen molar-refractivity contribution < 1.29 is 9.18 Å². The maximum absolute atomic E-state index is 14.5. The van der Waals surface area contributed by atoms with Gasteiger partial charge in [-0.15, -0.1) is 11.3 Å². The van der Waals surface area contributed by atoms with Crippen LogP contribution in [0.3, 0.4) is 0 Å². The Morgan fingerprint density at radius 2 is 1.81 bits per heavy atom. The Bertz CT molecular complexity index is 796. The number of nitrogens with zero attached hydrogens (tertiary/aromatic N) is 2. The predicted molar refractivity (Wildman–Crippen MR) is 103 cm³/mol. The van der Waals surface area contributed by atoms with Crippen molar-refractivity contribution in [1.29, 1.82) is 0 Å². The molecule has 0 bridgehead atoms. The van der Waals surface area contributed by atoms with Crippen molar-refractivity contribution >= 4 is 17.2 Å². The second kappa shape index (κ2) is 6.46. The Balaban J connectivity index is 1.48. The average Bonchev–Trinajstić information content (AvgIpc) is 2.96. The van der Waals surface area contributed by atoms with Crippen LogP contribution in [0.2, 0.25) is 0 Å². The van der Waals surface area contributed by atoms with Crippen molar-refractivity contribution in [3.8, 4) is 0 Å². The van der Waals surface area contributed by atoms with E-state index >= 15 is 0 Å². The molecule has 1 aliphatic heterocycles. The number of halogens is 1. The molecular formula is C21H25FN2OS. The van der Waals surface area contributed by atoms with Crippen molar-refractivity contribution in [3.05, 3.63) is 58.0 Å². The molecule has 0 unspecified atom stereocenters. The van der Waals surface area contributed by atoms with Crippen molar-refractivity contribution in [3.63, 3.8) is 0 Å². The summed E-state index contributed by atoms with van der Waals surface area (Å²) in [7, 11) is 0. The van der Waals surface area contributed by atoms with Gasteiger partial charge in [0.2, 0.25) is 5.91 Å². The number of carbonyl (C=O) groups is 1. The fourth-order valence-electron chi connectivity index (χ4n) is 4.37. The molecule has 0 N–H and O–H groups in total. The molecule has 2 aromatic rings. The first kappa shape index (κ1) is 17.7. The smallest absolute Gasteiger partial charge is 0.233 e. The minimum Gasteiger partial charge on any atom is -0.339 e. The third-order valence-electron chi connectivity index (χ3n) is 6.06. The average molecular weight is 373 g/mol. The van der Waals surface area contributed by atoms with Crippen LogP contribution in [0.25, 0.3) is 0 Å². The second-order valence-corrected chi connectivity index (χ2v) is 9.13. The number of rotatable bonds is 4. The molecule has 2 heterocycles. The molecule has 1 saturated carbocycles. The van der Waals surface area contributed by atoms with Crippen LogP contribution < -0.4 is 0 Å². The number of benzene rings is 1. The maximum atomic E-state index is 14.5. The van der Waals surface area contributed by atoms with E-state index in [1.54, 1.807) is 23.5 Å². The molecular weight excluding hydrogens is 347 g/mol. The molecule has 0 spiro atoms. The van der Waals surface area contributed by atoms with E-state index in [0.717, 1.165) is 39.1 Å². The SMILES string of the molecule is CC1(C)C[C@]1(C(=O)N1CCN(Cc2cccs2)CC1)c1ccccc1F. The molecule has 138 valence electrons. The van der Waals surface area contributed by atoms with Gasteiger partial charge >= 0.3 is 0 Å². The zero-order valence-electron chi connectivity index (χ0n) is 15.4. The zero-order chi connectivity index (χ0) is 18.4. The van der Waals surface area contributed by atoms with Gasteiger partial charge < -0.3 is 4.90 Å². The van der Waals surface area contributed by atoms with Gasteiger partial charge in [-0.3, -0.25) is 9.69 Å². The highest BCUT2D eigenvalue weighted by atomic mass is 32.1. The Hall–Kier alpha value is -1.72. The lowest BCUT2D eigenvalue weighted by Crippen LogP contribution is -2.52. The molecule has 0 radical (unpaired) electrons. The quantitative estimate of drug-likeness (QED) is 0.813. The van der Waals surface area contributed by atoms with E-state index in [9.17, 15) is 9.18 Å². The highest BCUT2D eigenvalue weighted by molar-refractivity contribution is 7.09. The highest BCUT2D eigenvalue weighted by Gasteiger charge is 2.68. The van der Waals surface area contributed by atoms with E-state index in [1.807, 2.05) is 11.0 Å². The molecule has 2 aliphatic rings. The second-order valence-electron chi connectivity index (χ2n) is 8.09. The topological polar surface area (TPSA) is 23.6 Å². The maximum Gasteiger partial charge on any atom is 0.233 e. The van der Waals surface area contributed by atoms with Gasteiger partial charge in [0.25, 0.3) is 0 Å². The lowest BCUT2D eigenvalue weighted by molar-refractivity contribution is -0.136. The summed E-state index contributed by atoms with van der Waals surface area (Å²) in [6.07, 6.45) is 0.717. The summed E-state index contributed by atoms with van der Waals surface area (Å²) in [4.78, 5) is 19.1. The lowest BCUT2D eigenvalue weighted by Gasteiger charge is -2.37. The number of amides is 1. The monoisotopic (exact) mass is 372 g/mol. The van der Waals surface area contributed by atoms with Crippen LogP contribution in [0.5, 0.6) is 0 Å². The fraction of sp³-hybridized carbons (Fsp3) is 0.476. The molecule has 1 atom stereocenters. The van der Waals surface area contributed by atoms with Gasteiger partial charge in [-0.25, -0.2) is 4.39 Å². The Morgan fingerprint density at radius 3 is 2.38 bits per heavy atom. The van der Waals surface area contributed by atoms with Gasteiger partial charge in [-0.1, -0.05) is 38.1 Å². The van der Waals surface area contributed by atoms with Crippen molar-refractivity contribution in [2.75, 3.05) is 26.2 Å². The van der Waals surface area contributed by atoms with E-state index < -0.39 is 5.41 Å². The summed E-state index contributed by atoms with van der Waals surface area (Å²) in [6, 6.07) is 11.0. The minimum atomic E-state index is -0.700. The summed E-state index contributed by atoms with van der Waals surface area (Å²) < 4.78 is 14.5. The lowest BCUT2D eigenvalue weighted by atomic mass is 9.86. The largest absolute Gasteiger partial charge is 0.339 e. The number of piperazine rings is 1. The van der Waals surface area contributed by atoms with Crippen molar-refractivity contribution in [2.45, 2.75) is 32.2 Å². The van der Waals surface area contributed by atoms with E-state index in [4.69, 9.17) is 0 Å². The van der Waals surface area contributed by atoms with Gasteiger partial charge in [-0.2, -0.15) is 0 Å². The summed E-state index contributed by atoms with van der Waals surface area (Å²) in [5, 5.41) is 2.10. The predicted octanol–water partition coefficient (Wildman–Crippen LogP) is 3.90. The Labute approximate surface area is 158 Å². The molecule has 1 saturated heterocycles. The molecule has 1 aromatic heterocycles. The highest BCUT2D eigenvalue weighted by Crippen LogP contribution is 2.65. The third-order valence-corrected chi connectivity index (χ3v) is 6.92. The normalized spacial score (nSPS) is 25.3. The summed E-state index contributed by atoms with van der Waals surface area (Å²) in [6.45, 7) is 8.28. The third kappa shape index (κ3) is 2.87. The van der Waals surface area contributed by atoms with Crippen LogP contribution in [0.1, 0.15) is 30.7 Å². The minimum absolute atomic E-state index is 0.100. The molecule has 1 amide bonds. The summed E-state index contributed by atoms with van der Waals surface area (Å²) in [5.41, 5.74) is -0.328. The van der Waals surface area contributed by atoms with Gasteiger partial charge in [0.1, 0.15) is 5.82 Å². The first-order chi connectivity index (χ1) is 12.4. The summed E-state index contributed by atoms with van der Waals surface area (Å²) >= 11 is 1.77. The van der Waals surface area contributed by atoms with Crippen LogP contribution >= 0.6 is 11.3 Å². The Kier molecular flexibility index (Phi) is 4.40. The van der Waals surface area contributed by atoms with Crippen LogP contribution in [-0.2, 0) is 16.8 Å². The van der Waals surface area contributed by atoms with Crippen LogP contribution in [0, 0.1) is 11.2 Å². The van der Waals surface area contributed by atoms with Crippen LogP contribution in [0.15, 0.2) is 41.8 Å². The molecule has 1 aliphatic carbocycles. The van der Waals surface area contributed by atoms with Crippen molar-refractivity contribution in [1.82, 2.24) is 9.80 Å². The van der Waals surface area contributed by atoms with E-state index in [1.165, 1.54) is 10.9 Å². The van der Waals surface area contributed by atoms with Gasteiger partial charge in [0.05, 0.1) is 5.41 Å². The van der Waals surface area contributed by atoms with Crippen molar-refractivity contribution in [2.24, 2.45) is 5.41 Å². The number of hydrogen-bond donors (Lipinski definition) is 0. The van der Waals surface area contributed by atoms with E-state index in [0.29, 0.717) is 5.56 Å². The summed E-state index contributed by atoms with van der Waals surface area (Å²) in [5.74, 6) is -0.161. The molecule has 2 fully saturated rings. The first-order valence-electron chi connectivity index (χ1n) is 9.23. The van der Waals surface area contributed by atoms with E-state index in [2.05, 4.69) is 36.3 Å². The van der Waals surface area contributed by atoms with E-state index in [-0.39, 0.29) is 17.1 Å². The standard InChI is InChI=1S/C21H25FN2OS/c1-20(2)15-21(20,17-7-3-4-8-18(17)22)19(25)24-11-9-23(10-12-24)14-16-6-5-13-26-16/h3-8,13H,9-12,14-15H2,1-2H3/t21-/m1/s1. The fourth-order valence-corrected chi connectivity index (χ4v) is 5.11. The van der Waals surface area contributed by atoms with Crippen LogP contribution in [0.4, 0.5) is 4.39 Å². The number of carbonyl (C=O) groups excluding carboxylic acids is 1. The van der Waals surface area contributed by atoms with Gasteiger partial charge in [0, 0.05) is 43.2 Å². The first-order valence-corrected chi connectivity index (χ1v) is 10.1. The molecule has 3 nitrogen and oxygen atoms in total. The molecule has 1 aromatic carbocycles.